The zero-order valence-electron chi connectivity index (χ0n) is 7.30. The summed E-state index contributed by atoms with van der Waals surface area (Å²) in [6, 6.07) is 0.917. The average molecular weight is 142 g/mol. The molecule has 60 valence electrons. The Kier molecular flexibility index (Phi) is 2.69. The van der Waals surface area contributed by atoms with Crippen LogP contribution < -0.4 is 0 Å². The molecule has 0 unspecified atom stereocenters. The molecule has 0 aromatic carbocycles. The van der Waals surface area contributed by atoms with Crippen LogP contribution in [0, 0.1) is 0 Å². The SMILES string of the molecule is CN(C)CCN(C)C1CC1. The summed E-state index contributed by atoms with van der Waals surface area (Å²) in [5.41, 5.74) is 0. The van der Waals surface area contributed by atoms with E-state index in [-0.39, 0.29) is 0 Å². The largest absolute Gasteiger partial charge is 0.308 e. The second kappa shape index (κ2) is 3.35. The van der Waals surface area contributed by atoms with E-state index in [2.05, 4.69) is 30.9 Å². The van der Waals surface area contributed by atoms with E-state index in [1.165, 1.54) is 25.9 Å². The zero-order valence-corrected chi connectivity index (χ0v) is 7.30. The summed E-state index contributed by atoms with van der Waals surface area (Å²) in [6.45, 7) is 2.41. The van der Waals surface area contributed by atoms with Crippen LogP contribution in [0.4, 0.5) is 0 Å². The minimum absolute atomic E-state index is 0.917. The Morgan fingerprint density at radius 2 is 1.70 bits per heavy atom. The molecule has 1 aliphatic carbocycles. The number of hydrogen-bond donors (Lipinski definition) is 0. The second-order valence-corrected chi connectivity index (χ2v) is 3.52. The Balaban J connectivity index is 2.00. The lowest BCUT2D eigenvalue weighted by Gasteiger charge is -2.18. The summed E-state index contributed by atoms with van der Waals surface area (Å²) in [5.74, 6) is 0. The van der Waals surface area contributed by atoms with Gasteiger partial charge in [-0.2, -0.15) is 0 Å². The van der Waals surface area contributed by atoms with Gasteiger partial charge in [0.2, 0.25) is 0 Å². The molecule has 10 heavy (non-hydrogen) atoms. The molecule has 0 heterocycles. The Hall–Kier alpha value is -0.0800. The van der Waals surface area contributed by atoms with Crippen molar-refractivity contribution < 1.29 is 0 Å². The van der Waals surface area contributed by atoms with Crippen LogP contribution in [-0.2, 0) is 0 Å². The van der Waals surface area contributed by atoms with Crippen LogP contribution in [0.15, 0.2) is 0 Å². The molecule has 1 fully saturated rings. The fourth-order valence-electron chi connectivity index (χ4n) is 1.06. The van der Waals surface area contributed by atoms with Crippen LogP contribution in [0.1, 0.15) is 12.8 Å². The standard InChI is InChI=1S/C8H18N2/c1-9(2)6-7-10(3)8-4-5-8/h8H,4-7H2,1-3H3. The number of rotatable bonds is 4. The molecule has 1 saturated carbocycles. The van der Waals surface area contributed by atoms with Crippen LogP contribution >= 0.6 is 0 Å². The third-order valence-corrected chi connectivity index (χ3v) is 2.07. The van der Waals surface area contributed by atoms with Gasteiger partial charge in [-0.1, -0.05) is 0 Å². The van der Waals surface area contributed by atoms with Gasteiger partial charge >= 0.3 is 0 Å². The summed E-state index contributed by atoms with van der Waals surface area (Å²) in [7, 11) is 6.47. The van der Waals surface area contributed by atoms with Gasteiger partial charge in [-0.15, -0.1) is 0 Å². The van der Waals surface area contributed by atoms with Crippen LogP contribution in [0.25, 0.3) is 0 Å². The van der Waals surface area contributed by atoms with Crippen LogP contribution in [0.3, 0.4) is 0 Å². The molecule has 0 N–H and O–H groups in total. The monoisotopic (exact) mass is 142 g/mol. The number of hydrogen-bond acceptors (Lipinski definition) is 2. The van der Waals surface area contributed by atoms with Gasteiger partial charge < -0.3 is 9.80 Å². The molecule has 1 aliphatic rings. The first kappa shape index (κ1) is 8.02. The molecular weight excluding hydrogens is 124 g/mol. The molecule has 1 rings (SSSR count). The van der Waals surface area contributed by atoms with Crippen molar-refractivity contribution in [1.82, 2.24) is 9.80 Å². The molecule has 2 nitrogen and oxygen atoms in total. The van der Waals surface area contributed by atoms with Gasteiger partial charge in [-0.25, -0.2) is 0 Å². The summed E-state index contributed by atoms with van der Waals surface area (Å²) in [6.07, 6.45) is 2.84. The van der Waals surface area contributed by atoms with Crippen molar-refractivity contribution in [2.45, 2.75) is 18.9 Å². The molecule has 0 aromatic rings. The molecule has 0 saturated heterocycles. The highest BCUT2D eigenvalue weighted by atomic mass is 15.2. The highest BCUT2D eigenvalue weighted by molar-refractivity contribution is 4.82. The third kappa shape index (κ3) is 2.67. The van der Waals surface area contributed by atoms with Crippen molar-refractivity contribution in [2.24, 2.45) is 0 Å². The molecule has 0 aliphatic heterocycles. The maximum atomic E-state index is 2.46. The summed E-state index contributed by atoms with van der Waals surface area (Å²) < 4.78 is 0. The van der Waals surface area contributed by atoms with E-state index >= 15 is 0 Å². The lowest BCUT2D eigenvalue weighted by molar-refractivity contribution is 0.275. The Labute approximate surface area is 63.8 Å². The minimum Gasteiger partial charge on any atom is -0.308 e. The summed E-state index contributed by atoms with van der Waals surface area (Å²) >= 11 is 0. The van der Waals surface area contributed by atoms with Crippen molar-refractivity contribution in [1.29, 1.82) is 0 Å². The van der Waals surface area contributed by atoms with E-state index in [1.807, 2.05) is 0 Å². The first-order valence-corrected chi connectivity index (χ1v) is 4.05. The van der Waals surface area contributed by atoms with Crippen molar-refractivity contribution in [3.8, 4) is 0 Å². The van der Waals surface area contributed by atoms with Gasteiger partial charge in [-0.3, -0.25) is 0 Å². The summed E-state index contributed by atoms with van der Waals surface area (Å²) in [4.78, 5) is 4.69. The highest BCUT2D eigenvalue weighted by Crippen LogP contribution is 2.24. The normalized spacial score (nSPS) is 18.9. The van der Waals surface area contributed by atoms with Gasteiger partial charge in [0.15, 0.2) is 0 Å². The predicted octanol–water partition coefficient (Wildman–Crippen LogP) is 0.642. The Morgan fingerprint density at radius 3 is 2.10 bits per heavy atom. The molecule has 0 radical (unpaired) electrons. The van der Waals surface area contributed by atoms with Crippen LogP contribution in [0.5, 0.6) is 0 Å². The lowest BCUT2D eigenvalue weighted by atomic mass is 10.5. The lowest BCUT2D eigenvalue weighted by Crippen LogP contribution is -2.30. The first-order chi connectivity index (χ1) is 4.70. The smallest absolute Gasteiger partial charge is 0.0109 e. The van der Waals surface area contributed by atoms with Gasteiger partial charge in [-0.05, 0) is 34.0 Å². The van der Waals surface area contributed by atoms with E-state index in [1.54, 1.807) is 0 Å². The van der Waals surface area contributed by atoms with Gasteiger partial charge in [0, 0.05) is 19.1 Å². The van der Waals surface area contributed by atoms with Crippen molar-refractivity contribution in [3.05, 3.63) is 0 Å². The fourth-order valence-corrected chi connectivity index (χ4v) is 1.06. The third-order valence-electron chi connectivity index (χ3n) is 2.07. The number of nitrogens with zero attached hydrogens (tertiary/aromatic N) is 2. The molecule has 0 spiro atoms. The minimum atomic E-state index is 0.917. The molecule has 0 bridgehead atoms. The van der Waals surface area contributed by atoms with Crippen LogP contribution in [0.2, 0.25) is 0 Å². The average Bonchev–Trinajstić information content (AvgIpc) is 2.63. The maximum absolute atomic E-state index is 2.46. The quantitative estimate of drug-likeness (QED) is 0.568. The Bertz CT molecular complexity index is 97.4. The second-order valence-electron chi connectivity index (χ2n) is 3.52. The van der Waals surface area contributed by atoms with E-state index in [4.69, 9.17) is 0 Å². The Morgan fingerprint density at radius 1 is 1.10 bits per heavy atom. The molecular formula is C8H18N2. The molecule has 0 atom stereocenters. The van der Waals surface area contributed by atoms with E-state index < -0.39 is 0 Å². The highest BCUT2D eigenvalue weighted by Gasteiger charge is 2.25. The maximum Gasteiger partial charge on any atom is 0.0109 e. The van der Waals surface area contributed by atoms with Gasteiger partial charge in [0.1, 0.15) is 0 Å². The van der Waals surface area contributed by atoms with E-state index in [0.717, 1.165) is 6.04 Å². The summed E-state index contributed by atoms with van der Waals surface area (Å²) in [5, 5.41) is 0. The number of likely N-dealkylation sites (N-methyl/N-ethyl adjacent to an activating group) is 2. The zero-order chi connectivity index (χ0) is 7.56. The van der Waals surface area contributed by atoms with E-state index in [9.17, 15) is 0 Å². The van der Waals surface area contributed by atoms with Crippen molar-refractivity contribution in [3.63, 3.8) is 0 Å². The van der Waals surface area contributed by atoms with Gasteiger partial charge in [0.05, 0.1) is 0 Å². The first-order valence-electron chi connectivity index (χ1n) is 4.05. The molecule has 0 aromatic heterocycles. The molecule has 2 heteroatoms. The van der Waals surface area contributed by atoms with Crippen LogP contribution in [-0.4, -0.2) is 50.1 Å². The predicted molar refractivity (Wildman–Crippen MR) is 44.2 cm³/mol. The fraction of sp³-hybridized carbons (Fsp3) is 1.00. The topological polar surface area (TPSA) is 6.48 Å². The van der Waals surface area contributed by atoms with Gasteiger partial charge in [0.25, 0.3) is 0 Å². The molecule has 0 amide bonds. The van der Waals surface area contributed by atoms with E-state index in [0.29, 0.717) is 0 Å². The van der Waals surface area contributed by atoms with Crippen molar-refractivity contribution >= 4 is 0 Å². The van der Waals surface area contributed by atoms with Crippen molar-refractivity contribution in [2.75, 3.05) is 34.2 Å².